The number of anilines is 1. The summed E-state index contributed by atoms with van der Waals surface area (Å²) in [5, 5.41) is 2.21. The first-order valence-electron chi connectivity index (χ1n) is 13.8. The van der Waals surface area contributed by atoms with Crippen LogP contribution in [-0.2, 0) is 10.8 Å². The highest BCUT2D eigenvalue weighted by Crippen LogP contribution is 2.52. The predicted octanol–water partition coefficient (Wildman–Crippen LogP) is 5.59. The Hall–Kier alpha value is -5.17. The van der Waals surface area contributed by atoms with Crippen molar-refractivity contribution in [3.05, 3.63) is 135 Å². The summed E-state index contributed by atoms with van der Waals surface area (Å²) >= 11 is 0. The fourth-order valence-electron chi connectivity index (χ4n) is 6.96. The standard InChI is InChI=1S/C35H26N2O5/c1-34(2)18-35(3,28-7-5-4-6-27(28)34)21-10-12-22(13-11-21)37-32(41)24-15-9-20(17-26(24)33(37)42)29(38)19-8-14-23-25(16-19)31(40)36-30(23)39/h4-17H,18H2,1-3H3,(H,36,39,40). The van der Waals surface area contributed by atoms with E-state index < -0.39 is 29.4 Å². The van der Waals surface area contributed by atoms with Crippen molar-refractivity contribution in [3.63, 3.8) is 0 Å². The van der Waals surface area contributed by atoms with Crippen LogP contribution in [0.4, 0.5) is 5.69 Å². The maximum Gasteiger partial charge on any atom is 0.266 e. The van der Waals surface area contributed by atoms with Gasteiger partial charge in [0.15, 0.2) is 5.78 Å². The van der Waals surface area contributed by atoms with Crippen molar-refractivity contribution in [2.75, 3.05) is 4.90 Å². The van der Waals surface area contributed by atoms with Crippen molar-refractivity contribution in [3.8, 4) is 0 Å². The molecule has 42 heavy (non-hydrogen) atoms. The van der Waals surface area contributed by atoms with Gasteiger partial charge in [0, 0.05) is 16.5 Å². The summed E-state index contributed by atoms with van der Waals surface area (Å²) in [6.45, 7) is 6.75. The van der Waals surface area contributed by atoms with Gasteiger partial charge in [-0.05, 0) is 64.9 Å². The van der Waals surface area contributed by atoms with Gasteiger partial charge in [0.25, 0.3) is 23.6 Å². The van der Waals surface area contributed by atoms with Crippen LogP contribution in [0.1, 0.15) is 101 Å². The van der Waals surface area contributed by atoms with Gasteiger partial charge in [0.05, 0.1) is 27.9 Å². The van der Waals surface area contributed by atoms with Gasteiger partial charge in [-0.15, -0.1) is 0 Å². The fraction of sp³-hybridized carbons (Fsp3) is 0.171. The van der Waals surface area contributed by atoms with Crippen LogP contribution in [0.5, 0.6) is 0 Å². The third kappa shape index (κ3) is 3.56. The number of nitrogens with one attached hydrogen (secondary N) is 1. The minimum Gasteiger partial charge on any atom is -0.289 e. The second-order valence-corrected chi connectivity index (χ2v) is 12.1. The lowest BCUT2D eigenvalue weighted by atomic mass is 9.75. The highest BCUT2D eigenvalue weighted by atomic mass is 16.2. The molecular formula is C35H26N2O5. The van der Waals surface area contributed by atoms with Gasteiger partial charge < -0.3 is 0 Å². The highest BCUT2D eigenvalue weighted by molar-refractivity contribution is 6.35. The second-order valence-electron chi connectivity index (χ2n) is 12.1. The number of hydrogen-bond donors (Lipinski definition) is 1. The molecule has 0 saturated heterocycles. The number of rotatable bonds is 4. The first kappa shape index (κ1) is 25.8. The summed E-state index contributed by atoms with van der Waals surface area (Å²) in [4.78, 5) is 65.2. The highest BCUT2D eigenvalue weighted by Gasteiger charge is 2.45. The zero-order valence-electron chi connectivity index (χ0n) is 23.3. The normalized spacial score (nSPS) is 19.9. The Morgan fingerprint density at radius 1 is 0.667 bits per heavy atom. The van der Waals surface area contributed by atoms with E-state index in [1.165, 1.54) is 47.5 Å². The van der Waals surface area contributed by atoms with E-state index in [2.05, 4.69) is 50.4 Å². The molecule has 3 aliphatic rings. The molecule has 4 aromatic rings. The SMILES string of the molecule is CC1(C)CC(C)(c2ccc(N3C(=O)c4ccc(C(=O)c5ccc6c(c5)C(=O)NC6=O)cc4C3=O)cc2)c2ccccc21. The summed E-state index contributed by atoms with van der Waals surface area (Å²) in [7, 11) is 0. The molecule has 2 heterocycles. The number of imide groups is 2. The first-order chi connectivity index (χ1) is 20.0. The van der Waals surface area contributed by atoms with Crippen molar-refractivity contribution >= 4 is 35.1 Å². The van der Waals surface area contributed by atoms with Gasteiger partial charge in [-0.3, -0.25) is 29.3 Å². The Morgan fingerprint density at radius 2 is 1.24 bits per heavy atom. The molecule has 0 saturated carbocycles. The van der Waals surface area contributed by atoms with E-state index >= 15 is 0 Å². The average Bonchev–Trinajstić information content (AvgIpc) is 3.51. The molecule has 7 nitrogen and oxygen atoms in total. The molecule has 7 rings (SSSR count). The number of carbonyl (C=O) groups is 5. The molecule has 1 N–H and O–H groups in total. The van der Waals surface area contributed by atoms with E-state index in [0.29, 0.717) is 5.69 Å². The summed E-state index contributed by atoms with van der Waals surface area (Å²) in [6, 6.07) is 24.8. The Labute approximate surface area is 242 Å². The van der Waals surface area contributed by atoms with Gasteiger partial charge in [-0.2, -0.15) is 0 Å². The van der Waals surface area contributed by atoms with Gasteiger partial charge >= 0.3 is 0 Å². The molecule has 0 radical (unpaired) electrons. The van der Waals surface area contributed by atoms with Gasteiger partial charge in [-0.1, -0.05) is 69.3 Å². The molecule has 4 amide bonds. The Kier molecular flexibility index (Phi) is 5.32. The van der Waals surface area contributed by atoms with Crippen molar-refractivity contribution in [2.24, 2.45) is 0 Å². The molecule has 0 bridgehead atoms. The summed E-state index contributed by atoms with van der Waals surface area (Å²) in [5.41, 5.74) is 5.11. The molecule has 0 spiro atoms. The number of hydrogen-bond acceptors (Lipinski definition) is 5. The van der Waals surface area contributed by atoms with Crippen LogP contribution in [0.15, 0.2) is 84.9 Å². The minimum absolute atomic E-state index is 0.0192. The second kappa shape index (κ2) is 8.66. The predicted molar refractivity (Wildman–Crippen MR) is 156 cm³/mol. The first-order valence-corrected chi connectivity index (χ1v) is 13.8. The Balaban J connectivity index is 1.18. The average molecular weight is 555 g/mol. The molecule has 4 aromatic carbocycles. The number of ketones is 1. The Morgan fingerprint density at radius 3 is 1.93 bits per heavy atom. The van der Waals surface area contributed by atoms with E-state index in [9.17, 15) is 24.0 Å². The molecule has 1 aliphatic carbocycles. The molecule has 1 atom stereocenters. The molecule has 0 fully saturated rings. The smallest absolute Gasteiger partial charge is 0.266 e. The zero-order chi connectivity index (χ0) is 29.6. The van der Waals surface area contributed by atoms with Crippen molar-refractivity contribution in [1.82, 2.24) is 5.32 Å². The molecule has 206 valence electrons. The summed E-state index contributed by atoms with van der Waals surface area (Å²) in [5.74, 6) is -2.45. The lowest BCUT2D eigenvalue weighted by Gasteiger charge is -2.29. The molecule has 7 heteroatoms. The van der Waals surface area contributed by atoms with Crippen LogP contribution in [0.3, 0.4) is 0 Å². The van der Waals surface area contributed by atoms with Gasteiger partial charge in [-0.25, -0.2) is 4.90 Å². The molecule has 0 aromatic heterocycles. The fourth-order valence-corrected chi connectivity index (χ4v) is 6.96. The summed E-state index contributed by atoms with van der Waals surface area (Å²) < 4.78 is 0. The van der Waals surface area contributed by atoms with E-state index in [1.54, 1.807) is 12.1 Å². The quantitative estimate of drug-likeness (QED) is 0.262. The van der Waals surface area contributed by atoms with E-state index in [-0.39, 0.29) is 44.2 Å². The number of nitrogens with zero attached hydrogens (tertiary/aromatic N) is 1. The molecule has 2 aliphatic heterocycles. The third-order valence-electron chi connectivity index (χ3n) is 8.96. The lowest BCUT2D eigenvalue weighted by molar-refractivity contribution is 0.0874. The van der Waals surface area contributed by atoms with Gasteiger partial charge in [0.1, 0.15) is 0 Å². The number of benzene rings is 4. The van der Waals surface area contributed by atoms with Crippen molar-refractivity contribution < 1.29 is 24.0 Å². The number of carbonyl (C=O) groups excluding carboxylic acids is 5. The molecular weight excluding hydrogens is 528 g/mol. The monoisotopic (exact) mass is 554 g/mol. The lowest BCUT2D eigenvalue weighted by Crippen LogP contribution is -2.29. The van der Waals surface area contributed by atoms with E-state index in [4.69, 9.17) is 0 Å². The van der Waals surface area contributed by atoms with Gasteiger partial charge in [0.2, 0.25) is 0 Å². The molecule has 1 unspecified atom stereocenters. The maximum absolute atomic E-state index is 13.5. The van der Waals surface area contributed by atoms with Crippen LogP contribution in [0.2, 0.25) is 0 Å². The number of amides is 4. The van der Waals surface area contributed by atoms with Crippen LogP contribution in [-0.4, -0.2) is 29.4 Å². The number of fused-ring (bicyclic) bond motifs is 3. The summed E-state index contributed by atoms with van der Waals surface area (Å²) in [6.07, 6.45) is 0.938. The van der Waals surface area contributed by atoms with E-state index in [1.807, 2.05) is 12.1 Å². The van der Waals surface area contributed by atoms with Crippen LogP contribution in [0, 0.1) is 0 Å². The third-order valence-corrected chi connectivity index (χ3v) is 8.96. The zero-order valence-corrected chi connectivity index (χ0v) is 23.3. The Bertz CT molecular complexity index is 1920. The minimum atomic E-state index is -0.559. The van der Waals surface area contributed by atoms with Crippen molar-refractivity contribution in [2.45, 2.75) is 38.0 Å². The largest absolute Gasteiger partial charge is 0.289 e. The van der Waals surface area contributed by atoms with Crippen LogP contribution in [0.25, 0.3) is 0 Å². The topological polar surface area (TPSA) is 101 Å². The van der Waals surface area contributed by atoms with Crippen molar-refractivity contribution in [1.29, 1.82) is 0 Å². The van der Waals surface area contributed by atoms with E-state index in [0.717, 1.165) is 16.9 Å². The maximum atomic E-state index is 13.5. The van der Waals surface area contributed by atoms with Crippen LogP contribution >= 0.6 is 0 Å². The van der Waals surface area contributed by atoms with Crippen LogP contribution < -0.4 is 10.2 Å².